The molecule has 1 aromatic carbocycles. The zero-order chi connectivity index (χ0) is 16.2. The Morgan fingerprint density at radius 2 is 2.09 bits per heavy atom. The number of nitrogens with zero attached hydrogens (tertiary/aromatic N) is 3. The summed E-state index contributed by atoms with van der Waals surface area (Å²) in [5.41, 5.74) is 8.04. The SMILES string of the molecule is Cn1ccnc1CNc1ccc(C(N)=O)c(N2CCCCC2)c1. The first-order valence-electron chi connectivity index (χ1n) is 8.04. The fourth-order valence-electron chi connectivity index (χ4n) is 2.99. The van der Waals surface area contributed by atoms with Crippen LogP contribution in [0, 0.1) is 0 Å². The highest BCUT2D eigenvalue weighted by molar-refractivity contribution is 5.99. The van der Waals surface area contributed by atoms with E-state index in [0.717, 1.165) is 43.1 Å². The fraction of sp³-hybridized carbons (Fsp3) is 0.412. The summed E-state index contributed by atoms with van der Waals surface area (Å²) >= 11 is 0. The first kappa shape index (κ1) is 15.4. The third-order valence-electron chi connectivity index (χ3n) is 4.33. The van der Waals surface area contributed by atoms with Crippen LogP contribution in [0.15, 0.2) is 30.6 Å². The van der Waals surface area contributed by atoms with Gasteiger partial charge in [0.15, 0.2) is 0 Å². The minimum atomic E-state index is -0.374. The molecule has 2 aromatic rings. The number of benzene rings is 1. The lowest BCUT2D eigenvalue weighted by Gasteiger charge is -2.30. The van der Waals surface area contributed by atoms with Crippen LogP contribution in [-0.4, -0.2) is 28.5 Å². The highest BCUT2D eigenvalue weighted by Crippen LogP contribution is 2.27. The molecule has 3 rings (SSSR count). The van der Waals surface area contributed by atoms with Gasteiger partial charge >= 0.3 is 0 Å². The first-order chi connectivity index (χ1) is 11.1. The van der Waals surface area contributed by atoms with Gasteiger partial charge in [0.1, 0.15) is 5.82 Å². The summed E-state index contributed by atoms with van der Waals surface area (Å²) in [6.07, 6.45) is 7.27. The van der Waals surface area contributed by atoms with Crippen molar-refractivity contribution in [3.05, 3.63) is 42.0 Å². The predicted molar refractivity (Wildman–Crippen MR) is 91.6 cm³/mol. The number of nitrogens with one attached hydrogen (secondary N) is 1. The van der Waals surface area contributed by atoms with Crippen LogP contribution in [0.4, 0.5) is 11.4 Å². The molecule has 0 radical (unpaired) electrons. The Labute approximate surface area is 136 Å². The van der Waals surface area contributed by atoms with Crippen molar-refractivity contribution in [3.63, 3.8) is 0 Å². The number of carbonyl (C=O) groups is 1. The van der Waals surface area contributed by atoms with Crippen molar-refractivity contribution < 1.29 is 4.79 Å². The van der Waals surface area contributed by atoms with Crippen LogP contribution in [0.5, 0.6) is 0 Å². The summed E-state index contributed by atoms with van der Waals surface area (Å²) in [6.45, 7) is 2.59. The number of aromatic nitrogens is 2. The second kappa shape index (κ2) is 6.73. The molecule has 6 heteroatoms. The molecule has 1 amide bonds. The summed E-state index contributed by atoms with van der Waals surface area (Å²) in [5.74, 6) is 0.588. The van der Waals surface area contributed by atoms with E-state index in [1.165, 1.54) is 6.42 Å². The number of anilines is 2. The Morgan fingerprint density at radius 3 is 2.74 bits per heavy atom. The van der Waals surface area contributed by atoms with Gasteiger partial charge in [-0.3, -0.25) is 4.79 Å². The number of amides is 1. The minimum Gasteiger partial charge on any atom is -0.378 e. The van der Waals surface area contributed by atoms with E-state index in [1.54, 1.807) is 6.20 Å². The predicted octanol–water partition coefficient (Wildman–Crippen LogP) is 2.12. The topological polar surface area (TPSA) is 76.2 Å². The van der Waals surface area contributed by atoms with Gasteiger partial charge in [-0.2, -0.15) is 0 Å². The standard InChI is InChI=1S/C17H23N5O/c1-21-10-7-19-16(21)12-20-13-5-6-14(17(18)23)15(11-13)22-8-3-2-4-9-22/h5-7,10-11,20H,2-4,8-9,12H2,1H3,(H2,18,23). The number of aryl methyl sites for hydroxylation is 1. The molecular formula is C17H23N5O. The van der Waals surface area contributed by atoms with Gasteiger partial charge in [0, 0.05) is 38.2 Å². The molecule has 0 bridgehead atoms. The smallest absolute Gasteiger partial charge is 0.250 e. The molecule has 6 nitrogen and oxygen atoms in total. The van der Waals surface area contributed by atoms with Crippen LogP contribution >= 0.6 is 0 Å². The van der Waals surface area contributed by atoms with Crippen LogP contribution in [0.3, 0.4) is 0 Å². The van der Waals surface area contributed by atoms with E-state index in [-0.39, 0.29) is 5.91 Å². The lowest BCUT2D eigenvalue weighted by molar-refractivity contribution is 0.100. The van der Waals surface area contributed by atoms with Gasteiger partial charge in [-0.05, 0) is 37.5 Å². The zero-order valence-corrected chi connectivity index (χ0v) is 13.5. The summed E-state index contributed by atoms with van der Waals surface area (Å²) < 4.78 is 1.98. The average molecular weight is 313 g/mol. The molecule has 122 valence electrons. The van der Waals surface area contributed by atoms with Crippen molar-refractivity contribution >= 4 is 17.3 Å². The van der Waals surface area contributed by atoms with E-state index in [9.17, 15) is 4.79 Å². The summed E-state index contributed by atoms with van der Waals surface area (Å²) in [6, 6.07) is 5.73. The molecule has 1 aromatic heterocycles. The van der Waals surface area contributed by atoms with Gasteiger partial charge in [-0.1, -0.05) is 0 Å². The average Bonchev–Trinajstić information content (AvgIpc) is 2.98. The van der Waals surface area contributed by atoms with Crippen molar-refractivity contribution in [2.24, 2.45) is 12.8 Å². The Hall–Kier alpha value is -2.50. The van der Waals surface area contributed by atoms with Gasteiger partial charge < -0.3 is 20.5 Å². The monoisotopic (exact) mass is 313 g/mol. The van der Waals surface area contributed by atoms with E-state index in [1.807, 2.05) is 36.0 Å². The number of rotatable bonds is 5. The van der Waals surface area contributed by atoms with Crippen molar-refractivity contribution in [1.29, 1.82) is 0 Å². The number of carbonyl (C=O) groups excluding carboxylic acids is 1. The van der Waals surface area contributed by atoms with Crippen molar-refractivity contribution in [2.75, 3.05) is 23.3 Å². The number of nitrogens with two attached hydrogens (primary N) is 1. The van der Waals surface area contributed by atoms with E-state index in [4.69, 9.17) is 5.73 Å². The van der Waals surface area contributed by atoms with E-state index in [0.29, 0.717) is 12.1 Å². The van der Waals surface area contributed by atoms with Crippen molar-refractivity contribution in [3.8, 4) is 0 Å². The summed E-state index contributed by atoms with van der Waals surface area (Å²) in [7, 11) is 1.97. The lowest BCUT2D eigenvalue weighted by atomic mass is 10.1. The molecule has 3 N–H and O–H groups in total. The number of piperidine rings is 1. The van der Waals surface area contributed by atoms with Crippen LogP contribution in [0.2, 0.25) is 0 Å². The second-order valence-corrected chi connectivity index (χ2v) is 5.95. The third-order valence-corrected chi connectivity index (χ3v) is 4.33. The molecule has 23 heavy (non-hydrogen) atoms. The molecule has 1 aliphatic rings. The molecular weight excluding hydrogens is 290 g/mol. The Kier molecular flexibility index (Phi) is 4.50. The number of hydrogen-bond acceptors (Lipinski definition) is 4. The van der Waals surface area contributed by atoms with Gasteiger partial charge in [0.2, 0.25) is 0 Å². The van der Waals surface area contributed by atoms with Gasteiger partial charge in [0.25, 0.3) is 5.91 Å². The normalized spacial score (nSPS) is 14.7. The van der Waals surface area contributed by atoms with Gasteiger partial charge in [-0.25, -0.2) is 4.98 Å². The van der Waals surface area contributed by atoms with Gasteiger partial charge in [0.05, 0.1) is 17.8 Å². The molecule has 1 aliphatic heterocycles. The molecule has 1 fully saturated rings. The van der Waals surface area contributed by atoms with E-state index in [2.05, 4.69) is 15.2 Å². The number of hydrogen-bond donors (Lipinski definition) is 2. The quantitative estimate of drug-likeness (QED) is 0.886. The molecule has 1 saturated heterocycles. The maximum absolute atomic E-state index is 11.7. The van der Waals surface area contributed by atoms with E-state index < -0.39 is 0 Å². The fourth-order valence-corrected chi connectivity index (χ4v) is 2.99. The molecule has 0 aliphatic carbocycles. The molecule has 0 spiro atoms. The lowest BCUT2D eigenvalue weighted by Crippen LogP contribution is -2.31. The minimum absolute atomic E-state index is 0.374. The highest BCUT2D eigenvalue weighted by atomic mass is 16.1. The zero-order valence-electron chi connectivity index (χ0n) is 13.5. The number of primary amides is 1. The maximum Gasteiger partial charge on any atom is 0.250 e. The largest absolute Gasteiger partial charge is 0.378 e. The van der Waals surface area contributed by atoms with Crippen molar-refractivity contribution in [1.82, 2.24) is 9.55 Å². The first-order valence-corrected chi connectivity index (χ1v) is 8.04. The van der Waals surface area contributed by atoms with Crippen LogP contribution in [0.1, 0.15) is 35.4 Å². The Balaban J connectivity index is 1.81. The van der Waals surface area contributed by atoms with Gasteiger partial charge in [-0.15, -0.1) is 0 Å². The number of imidazole rings is 1. The van der Waals surface area contributed by atoms with Crippen LogP contribution < -0.4 is 16.0 Å². The molecule has 0 atom stereocenters. The van der Waals surface area contributed by atoms with E-state index >= 15 is 0 Å². The van der Waals surface area contributed by atoms with Crippen LogP contribution in [0.25, 0.3) is 0 Å². The molecule has 0 saturated carbocycles. The summed E-state index contributed by atoms with van der Waals surface area (Å²) in [4.78, 5) is 18.3. The highest BCUT2D eigenvalue weighted by Gasteiger charge is 2.17. The Bertz CT molecular complexity index is 688. The molecule has 0 unspecified atom stereocenters. The van der Waals surface area contributed by atoms with Crippen LogP contribution in [-0.2, 0) is 13.6 Å². The molecule has 2 heterocycles. The maximum atomic E-state index is 11.7. The third kappa shape index (κ3) is 3.47. The second-order valence-electron chi connectivity index (χ2n) is 5.95. The summed E-state index contributed by atoms with van der Waals surface area (Å²) in [5, 5.41) is 3.37. The van der Waals surface area contributed by atoms with Crippen molar-refractivity contribution in [2.45, 2.75) is 25.8 Å². The Morgan fingerprint density at radius 1 is 1.30 bits per heavy atom.